The number of amides is 1. The second-order valence-corrected chi connectivity index (χ2v) is 9.99. The Morgan fingerprint density at radius 3 is 2.69 bits per heavy atom. The van der Waals surface area contributed by atoms with Gasteiger partial charge in [-0.2, -0.15) is 4.31 Å². The number of hydrogen-bond donors (Lipinski definition) is 1. The molecule has 3 rings (SSSR count). The molecule has 1 N–H and O–H groups in total. The van der Waals surface area contributed by atoms with Crippen LogP contribution in [-0.4, -0.2) is 41.9 Å². The van der Waals surface area contributed by atoms with Crippen LogP contribution in [0.4, 0.5) is 9.52 Å². The number of benzene rings is 1. The Labute approximate surface area is 174 Å². The molecular formula is C19H25FN4O3S2. The smallest absolute Gasteiger partial charge is 0.257 e. The molecule has 2 aromatic rings. The van der Waals surface area contributed by atoms with Gasteiger partial charge in [-0.3, -0.25) is 10.1 Å². The number of unbranched alkanes of at least 4 members (excludes halogenated alkanes) is 2. The van der Waals surface area contributed by atoms with Crippen molar-refractivity contribution in [1.82, 2.24) is 14.5 Å². The largest absolute Gasteiger partial charge is 0.296 e. The van der Waals surface area contributed by atoms with Crippen molar-refractivity contribution in [2.75, 3.05) is 18.4 Å². The minimum absolute atomic E-state index is 0.0599. The van der Waals surface area contributed by atoms with Gasteiger partial charge in [0, 0.05) is 25.1 Å². The topological polar surface area (TPSA) is 92.3 Å². The van der Waals surface area contributed by atoms with Crippen molar-refractivity contribution in [1.29, 1.82) is 0 Å². The maximum absolute atomic E-state index is 14.3. The SMILES string of the molecule is CCCCCc1nnc(NC(=O)c2ccc(F)c(S(=O)(=O)N3CCCCC3)c2)s1. The summed E-state index contributed by atoms with van der Waals surface area (Å²) in [6.07, 6.45) is 6.47. The van der Waals surface area contributed by atoms with E-state index in [1.165, 1.54) is 21.7 Å². The lowest BCUT2D eigenvalue weighted by molar-refractivity contribution is 0.102. The Balaban J connectivity index is 1.74. The number of piperidine rings is 1. The fourth-order valence-corrected chi connectivity index (χ4v) is 5.57. The minimum atomic E-state index is -3.98. The lowest BCUT2D eigenvalue weighted by Gasteiger charge is -2.26. The Kier molecular flexibility index (Phi) is 7.31. The maximum Gasteiger partial charge on any atom is 0.257 e. The molecule has 0 bridgehead atoms. The highest BCUT2D eigenvalue weighted by molar-refractivity contribution is 7.89. The van der Waals surface area contributed by atoms with Crippen molar-refractivity contribution in [3.63, 3.8) is 0 Å². The number of carbonyl (C=O) groups excluding carboxylic acids is 1. The van der Waals surface area contributed by atoms with Crippen LogP contribution in [0.2, 0.25) is 0 Å². The standard InChI is InChI=1S/C19H25FN4O3S2/c1-2-3-5-8-17-22-23-19(28-17)21-18(25)14-9-10-15(20)16(13-14)29(26,27)24-11-6-4-7-12-24/h9-10,13H,2-8,11-12H2,1H3,(H,21,23,25). The molecular weight excluding hydrogens is 415 g/mol. The zero-order valence-electron chi connectivity index (χ0n) is 16.4. The molecule has 1 aliphatic heterocycles. The second-order valence-electron chi connectivity index (χ2n) is 7.02. The summed E-state index contributed by atoms with van der Waals surface area (Å²) in [5.41, 5.74) is 0.0599. The monoisotopic (exact) mass is 440 g/mol. The van der Waals surface area contributed by atoms with E-state index in [1.54, 1.807) is 0 Å². The number of anilines is 1. The quantitative estimate of drug-likeness (QED) is 0.630. The number of aryl methyl sites for hydroxylation is 1. The van der Waals surface area contributed by atoms with Gasteiger partial charge >= 0.3 is 0 Å². The van der Waals surface area contributed by atoms with E-state index < -0.39 is 26.6 Å². The summed E-state index contributed by atoms with van der Waals surface area (Å²) in [5.74, 6) is -1.40. The van der Waals surface area contributed by atoms with Gasteiger partial charge in [0.2, 0.25) is 15.2 Å². The molecule has 0 unspecified atom stereocenters. The third kappa shape index (κ3) is 5.37. The van der Waals surface area contributed by atoms with E-state index in [2.05, 4.69) is 22.4 Å². The molecule has 158 valence electrons. The number of sulfonamides is 1. The third-order valence-corrected chi connectivity index (χ3v) is 7.62. The number of nitrogens with zero attached hydrogens (tertiary/aromatic N) is 3. The van der Waals surface area contributed by atoms with Crippen LogP contribution in [0, 0.1) is 5.82 Å². The number of hydrogen-bond acceptors (Lipinski definition) is 6. The Morgan fingerprint density at radius 2 is 1.97 bits per heavy atom. The molecule has 1 aliphatic rings. The van der Waals surface area contributed by atoms with E-state index >= 15 is 0 Å². The predicted octanol–water partition coefficient (Wildman–Crippen LogP) is 3.84. The van der Waals surface area contributed by atoms with Crippen LogP contribution >= 0.6 is 11.3 Å². The molecule has 7 nitrogen and oxygen atoms in total. The number of halogens is 1. The highest BCUT2D eigenvalue weighted by Gasteiger charge is 2.29. The van der Waals surface area contributed by atoms with Crippen LogP contribution in [0.5, 0.6) is 0 Å². The minimum Gasteiger partial charge on any atom is -0.296 e. The van der Waals surface area contributed by atoms with Crippen LogP contribution in [0.15, 0.2) is 23.1 Å². The predicted molar refractivity (Wildman–Crippen MR) is 110 cm³/mol. The first-order chi connectivity index (χ1) is 13.9. The first kappa shape index (κ1) is 21.8. The van der Waals surface area contributed by atoms with Gasteiger partial charge < -0.3 is 0 Å². The van der Waals surface area contributed by atoms with Crippen molar-refractivity contribution in [3.8, 4) is 0 Å². The van der Waals surface area contributed by atoms with E-state index in [-0.39, 0.29) is 5.56 Å². The van der Waals surface area contributed by atoms with E-state index in [4.69, 9.17) is 0 Å². The van der Waals surface area contributed by atoms with Gasteiger partial charge in [-0.1, -0.05) is 37.5 Å². The van der Waals surface area contributed by atoms with Gasteiger partial charge in [0.15, 0.2) is 0 Å². The van der Waals surface area contributed by atoms with Gasteiger partial charge in [-0.15, -0.1) is 10.2 Å². The van der Waals surface area contributed by atoms with Crippen LogP contribution in [0.1, 0.15) is 60.8 Å². The van der Waals surface area contributed by atoms with Gasteiger partial charge in [-0.25, -0.2) is 12.8 Å². The summed E-state index contributed by atoms with van der Waals surface area (Å²) in [5, 5.41) is 11.8. The Bertz CT molecular complexity index is 956. The molecule has 0 radical (unpaired) electrons. The molecule has 0 aliphatic carbocycles. The summed E-state index contributed by atoms with van der Waals surface area (Å²) >= 11 is 1.29. The molecule has 10 heteroatoms. The van der Waals surface area contributed by atoms with Crippen LogP contribution in [-0.2, 0) is 16.4 Å². The van der Waals surface area contributed by atoms with Gasteiger partial charge in [-0.05, 0) is 37.5 Å². The van der Waals surface area contributed by atoms with E-state index in [1.807, 2.05) is 0 Å². The fourth-order valence-electron chi connectivity index (χ4n) is 3.19. The second kappa shape index (κ2) is 9.73. The molecule has 29 heavy (non-hydrogen) atoms. The lowest BCUT2D eigenvalue weighted by Crippen LogP contribution is -2.36. The number of nitrogens with one attached hydrogen (secondary N) is 1. The summed E-state index contributed by atoms with van der Waals surface area (Å²) in [4.78, 5) is 12.1. The van der Waals surface area contributed by atoms with E-state index in [9.17, 15) is 17.6 Å². The van der Waals surface area contributed by atoms with Crippen molar-refractivity contribution in [2.45, 2.75) is 56.8 Å². The Morgan fingerprint density at radius 1 is 1.21 bits per heavy atom. The number of carbonyl (C=O) groups is 1. The van der Waals surface area contributed by atoms with Gasteiger partial charge in [0.1, 0.15) is 15.7 Å². The molecule has 0 saturated carbocycles. The molecule has 1 fully saturated rings. The molecule has 1 aromatic heterocycles. The summed E-state index contributed by atoms with van der Waals surface area (Å²) < 4.78 is 41.2. The van der Waals surface area contributed by atoms with Gasteiger partial charge in [0.25, 0.3) is 5.91 Å². The molecule has 0 atom stereocenters. The third-order valence-electron chi connectivity index (χ3n) is 4.81. The average molecular weight is 441 g/mol. The van der Waals surface area contributed by atoms with Crippen molar-refractivity contribution in [3.05, 3.63) is 34.6 Å². The van der Waals surface area contributed by atoms with Crippen LogP contribution in [0.3, 0.4) is 0 Å². The fraction of sp³-hybridized carbons (Fsp3) is 0.526. The summed E-state index contributed by atoms with van der Waals surface area (Å²) in [6, 6.07) is 3.38. The molecule has 2 heterocycles. The normalized spacial score (nSPS) is 15.4. The maximum atomic E-state index is 14.3. The Hall–Kier alpha value is -1.91. The summed E-state index contributed by atoms with van der Waals surface area (Å²) in [7, 11) is -3.98. The van der Waals surface area contributed by atoms with Crippen molar-refractivity contribution in [2.24, 2.45) is 0 Å². The van der Waals surface area contributed by atoms with Crippen LogP contribution in [0.25, 0.3) is 0 Å². The summed E-state index contributed by atoms with van der Waals surface area (Å²) in [6.45, 7) is 2.85. The number of aromatic nitrogens is 2. The molecule has 1 saturated heterocycles. The van der Waals surface area contributed by atoms with Crippen molar-refractivity contribution >= 4 is 32.4 Å². The highest BCUT2D eigenvalue weighted by atomic mass is 32.2. The molecule has 0 spiro atoms. The first-order valence-corrected chi connectivity index (χ1v) is 12.1. The number of rotatable bonds is 8. The highest BCUT2D eigenvalue weighted by Crippen LogP contribution is 2.25. The van der Waals surface area contributed by atoms with E-state index in [0.717, 1.165) is 62.1 Å². The van der Waals surface area contributed by atoms with Gasteiger partial charge in [0.05, 0.1) is 0 Å². The van der Waals surface area contributed by atoms with Crippen molar-refractivity contribution < 1.29 is 17.6 Å². The molecule has 1 aromatic carbocycles. The van der Waals surface area contributed by atoms with E-state index in [0.29, 0.717) is 18.2 Å². The average Bonchev–Trinajstić information content (AvgIpc) is 3.16. The van der Waals surface area contributed by atoms with Crippen LogP contribution < -0.4 is 5.32 Å². The zero-order valence-corrected chi connectivity index (χ0v) is 18.0. The lowest BCUT2D eigenvalue weighted by atomic mass is 10.2. The zero-order chi connectivity index (χ0) is 20.9. The first-order valence-electron chi connectivity index (χ1n) is 9.85. The molecule has 1 amide bonds.